The van der Waals surface area contributed by atoms with E-state index in [0.717, 1.165) is 0 Å². The Morgan fingerprint density at radius 2 is 1.64 bits per heavy atom. The number of hydrogen-bond acceptors (Lipinski definition) is 4. The monoisotopic (exact) mass is 445 g/mol. The summed E-state index contributed by atoms with van der Waals surface area (Å²) in [5.74, 6) is -2.21. The minimum Gasteiger partial charge on any atom is -0.360 e. The van der Waals surface area contributed by atoms with Crippen molar-refractivity contribution in [1.82, 2.24) is 25.0 Å². The Bertz CT molecular complexity index is 1340. The van der Waals surface area contributed by atoms with Crippen LogP contribution in [-0.4, -0.2) is 68.8 Å². The Kier molecular flexibility index (Phi) is 5.21. The first kappa shape index (κ1) is 20.6. The van der Waals surface area contributed by atoms with E-state index in [1.165, 1.54) is 17.2 Å². The smallest absolute Gasteiger partial charge is 0.295 e. The SMILES string of the molecule is O=C(C(=O)N1CCN(C(=O)c2ccccc2)CC1)c1c[nH]c2c(-c3cc[nH]n3)ccc(F)c12. The lowest BCUT2D eigenvalue weighted by atomic mass is 10.0. The van der Waals surface area contributed by atoms with Gasteiger partial charge in [0, 0.05) is 55.1 Å². The number of nitrogens with zero attached hydrogens (tertiary/aromatic N) is 3. The maximum atomic E-state index is 14.7. The quantitative estimate of drug-likeness (QED) is 0.373. The highest BCUT2D eigenvalue weighted by Gasteiger charge is 2.31. The molecule has 2 aromatic carbocycles. The van der Waals surface area contributed by atoms with Crippen LogP contribution in [0.4, 0.5) is 4.39 Å². The number of nitrogens with one attached hydrogen (secondary N) is 2. The van der Waals surface area contributed by atoms with Gasteiger partial charge < -0.3 is 14.8 Å². The Balaban J connectivity index is 1.34. The Labute approximate surface area is 188 Å². The number of Topliss-reactive ketones (excluding diaryl/α,β-unsaturated/α-hetero) is 1. The topological polar surface area (TPSA) is 102 Å². The average Bonchev–Trinajstić information content (AvgIpc) is 3.55. The zero-order valence-corrected chi connectivity index (χ0v) is 17.5. The second-order valence-corrected chi connectivity index (χ2v) is 7.79. The van der Waals surface area contributed by atoms with Crippen molar-refractivity contribution in [2.45, 2.75) is 0 Å². The number of ketones is 1. The highest BCUT2D eigenvalue weighted by atomic mass is 19.1. The fourth-order valence-corrected chi connectivity index (χ4v) is 4.14. The number of H-pyrrole nitrogens is 2. The molecule has 0 unspecified atom stereocenters. The van der Waals surface area contributed by atoms with Gasteiger partial charge in [0.25, 0.3) is 17.6 Å². The number of carbonyl (C=O) groups is 3. The molecule has 2 N–H and O–H groups in total. The summed E-state index contributed by atoms with van der Waals surface area (Å²) in [4.78, 5) is 44.6. The van der Waals surface area contributed by atoms with Crippen molar-refractivity contribution in [2.75, 3.05) is 26.2 Å². The predicted molar refractivity (Wildman–Crippen MR) is 119 cm³/mol. The van der Waals surface area contributed by atoms with Crippen molar-refractivity contribution in [3.8, 4) is 11.3 Å². The number of piperazine rings is 1. The van der Waals surface area contributed by atoms with Gasteiger partial charge in [-0.25, -0.2) is 4.39 Å². The van der Waals surface area contributed by atoms with Gasteiger partial charge in [-0.05, 0) is 30.3 Å². The first-order valence-corrected chi connectivity index (χ1v) is 10.5. The van der Waals surface area contributed by atoms with E-state index in [1.807, 2.05) is 6.07 Å². The van der Waals surface area contributed by atoms with Crippen molar-refractivity contribution in [3.63, 3.8) is 0 Å². The molecular weight excluding hydrogens is 425 g/mol. The van der Waals surface area contributed by atoms with Crippen LogP contribution in [0, 0.1) is 5.82 Å². The van der Waals surface area contributed by atoms with Gasteiger partial charge in [0.15, 0.2) is 0 Å². The maximum Gasteiger partial charge on any atom is 0.295 e. The van der Waals surface area contributed by atoms with Crippen LogP contribution >= 0.6 is 0 Å². The fourth-order valence-electron chi connectivity index (χ4n) is 4.14. The fraction of sp³-hybridized carbons (Fsp3) is 0.167. The molecular formula is C24H20FN5O3. The largest absolute Gasteiger partial charge is 0.360 e. The second-order valence-electron chi connectivity index (χ2n) is 7.79. The number of fused-ring (bicyclic) bond motifs is 1. The van der Waals surface area contributed by atoms with Crippen LogP contribution in [0.5, 0.6) is 0 Å². The molecule has 166 valence electrons. The van der Waals surface area contributed by atoms with Crippen LogP contribution in [0.25, 0.3) is 22.2 Å². The van der Waals surface area contributed by atoms with E-state index in [-0.39, 0.29) is 29.9 Å². The van der Waals surface area contributed by atoms with Crippen molar-refractivity contribution >= 4 is 28.5 Å². The minimum absolute atomic E-state index is 0.0207. The number of benzene rings is 2. The lowest BCUT2D eigenvalue weighted by Gasteiger charge is -2.34. The van der Waals surface area contributed by atoms with Crippen LogP contribution in [0.1, 0.15) is 20.7 Å². The summed E-state index contributed by atoms with van der Waals surface area (Å²) in [6.45, 7) is 1.09. The molecule has 2 aromatic heterocycles. The number of halogens is 1. The molecule has 1 saturated heterocycles. The summed E-state index contributed by atoms with van der Waals surface area (Å²) in [6, 6.07) is 13.5. The zero-order chi connectivity index (χ0) is 22.9. The number of hydrogen-bond donors (Lipinski definition) is 2. The summed E-state index contributed by atoms with van der Waals surface area (Å²) < 4.78 is 14.7. The summed E-state index contributed by atoms with van der Waals surface area (Å²) in [6.07, 6.45) is 3.00. The standard InChI is InChI=1S/C24H20FN5O3/c25-18-7-6-16(19-8-9-27-28-19)21-20(18)17(14-26-21)22(31)24(33)30-12-10-29(11-13-30)23(32)15-4-2-1-3-5-15/h1-9,14,26H,10-13H2,(H,27,28). The molecule has 0 spiro atoms. The van der Waals surface area contributed by atoms with Gasteiger partial charge in [0.05, 0.1) is 16.8 Å². The Morgan fingerprint density at radius 3 is 2.33 bits per heavy atom. The Morgan fingerprint density at radius 1 is 0.909 bits per heavy atom. The first-order valence-electron chi connectivity index (χ1n) is 10.5. The molecule has 2 amide bonds. The third kappa shape index (κ3) is 3.67. The first-order chi connectivity index (χ1) is 16.0. The molecule has 0 bridgehead atoms. The molecule has 8 nitrogen and oxygen atoms in total. The van der Waals surface area contributed by atoms with E-state index in [9.17, 15) is 18.8 Å². The van der Waals surface area contributed by atoms with E-state index < -0.39 is 17.5 Å². The molecule has 3 heterocycles. The highest BCUT2D eigenvalue weighted by molar-refractivity contribution is 6.45. The molecule has 0 radical (unpaired) electrons. The van der Waals surface area contributed by atoms with Gasteiger partial charge in [-0.1, -0.05) is 18.2 Å². The van der Waals surface area contributed by atoms with E-state index in [4.69, 9.17) is 0 Å². The van der Waals surface area contributed by atoms with Crippen LogP contribution in [0.3, 0.4) is 0 Å². The number of aromatic amines is 2. The Hall–Kier alpha value is -4.27. The van der Waals surface area contributed by atoms with Crippen molar-refractivity contribution < 1.29 is 18.8 Å². The highest BCUT2D eigenvalue weighted by Crippen LogP contribution is 2.31. The molecule has 33 heavy (non-hydrogen) atoms. The number of aromatic nitrogens is 3. The lowest BCUT2D eigenvalue weighted by molar-refractivity contribution is -0.127. The lowest BCUT2D eigenvalue weighted by Crippen LogP contribution is -2.52. The van der Waals surface area contributed by atoms with Gasteiger partial charge in [0.2, 0.25) is 0 Å². The average molecular weight is 445 g/mol. The van der Waals surface area contributed by atoms with Gasteiger partial charge in [-0.3, -0.25) is 19.5 Å². The van der Waals surface area contributed by atoms with Crippen LogP contribution < -0.4 is 0 Å². The van der Waals surface area contributed by atoms with Gasteiger partial charge >= 0.3 is 0 Å². The number of rotatable bonds is 4. The van der Waals surface area contributed by atoms with Gasteiger partial charge in [-0.15, -0.1) is 0 Å². The van der Waals surface area contributed by atoms with Crippen molar-refractivity contribution in [2.24, 2.45) is 0 Å². The van der Waals surface area contributed by atoms with E-state index in [1.54, 1.807) is 47.5 Å². The van der Waals surface area contributed by atoms with Gasteiger partial charge in [0.1, 0.15) is 5.82 Å². The van der Waals surface area contributed by atoms with Crippen LogP contribution in [0.2, 0.25) is 0 Å². The number of amides is 2. The zero-order valence-electron chi connectivity index (χ0n) is 17.5. The van der Waals surface area contributed by atoms with Crippen molar-refractivity contribution in [1.29, 1.82) is 0 Å². The maximum absolute atomic E-state index is 14.7. The normalized spacial score (nSPS) is 14.0. The van der Waals surface area contributed by atoms with E-state index >= 15 is 0 Å². The summed E-state index contributed by atoms with van der Waals surface area (Å²) >= 11 is 0. The minimum atomic E-state index is -0.790. The molecule has 0 saturated carbocycles. The molecule has 5 rings (SSSR count). The predicted octanol–water partition coefficient (Wildman–Crippen LogP) is 2.86. The van der Waals surface area contributed by atoms with Gasteiger partial charge in [-0.2, -0.15) is 5.10 Å². The summed E-state index contributed by atoms with van der Waals surface area (Å²) in [5, 5.41) is 6.88. The molecule has 0 atom stereocenters. The molecule has 4 aromatic rings. The molecule has 9 heteroatoms. The van der Waals surface area contributed by atoms with Crippen molar-refractivity contribution in [3.05, 3.63) is 77.9 Å². The molecule has 1 aliphatic rings. The van der Waals surface area contributed by atoms with Crippen LogP contribution in [-0.2, 0) is 4.79 Å². The third-order valence-corrected chi connectivity index (χ3v) is 5.88. The van der Waals surface area contributed by atoms with E-state index in [2.05, 4.69) is 15.2 Å². The van der Waals surface area contributed by atoms with Crippen LogP contribution in [0.15, 0.2) is 60.9 Å². The van der Waals surface area contributed by atoms with E-state index in [0.29, 0.717) is 35.4 Å². The summed E-state index contributed by atoms with van der Waals surface area (Å²) in [7, 11) is 0. The second kappa shape index (κ2) is 8.34. The summed E-state index contributed by atoms with van der Waals surface area (Å²) in [5.41, 5.74) is 2.16. The molecule has 1 fully saturated rings. The number of carbonyl (C=O) groups excluding carboxylic acids is 3. The molecule has 0 aliphatic carbocycles. The third-order valence-electron chi connectivity index (χ3n) is 5.88. The molecule has 1 aliphatic heterocycles.